The third-order valence-corrected chi connectivity index (χ3v) is 21.0. The van der Waals surface area contributed by atoms with Crippen LogP contribution < -0.4 is 51.5 Å². The Bertz CT molecular complexity index is 4470. The van der Waals surface area contributed by atoms with E-state index in [2.05, 4.69) is 55.7 Å². The number of aromatic amines is 1. The molecule has 9 N–H and O–H groups in total. The van der Waals surface area contributed by atoms with Gasteiger partial charge in [0, 0.05) is 89.1 Å². The average molecular weight is 1560 g/mol. The summed E-state index contributed by atoms with van der Waals surface area (Å²) >= 11 is 2.99. The lowest BCUT2D eigenvalue weighted by molar-refractivity contribution is -0.148. The van der Waals surface area contributed by atoms with E-state index in [-0.39, 0.29) is 55.7 Å². The maximum Gasteiger partial charge on any atom is 0.408 e. The lowest BCUT2D eigenvalue weighted by atomic mass is 10.0. The number of aliphatic carboxylic acids is 1. The quantitative estimate of drug-likeness (QED) is 0.0278. The van der Waals surface area contributed by atoms with Crippen molar-refractivity contribution in [1.29, 1.82) is 0 Å². The summed E-state index contributed by atoms with van der Waals surface area (Å²) in [7, 11) is 4.46. The highest BCUT2D eigenvalue weighted by Gasteiger charge is 2.63. The van der Waals surface area contributed by atoms with E-state index in [1.165, 1.54) is 39.6 Å². The van der Waals surface area contributed by atoms with Crippen molar-refractivity contribution in [2.75, 3.05) is 45.1 Å². The Kier molecular flexibility index (Phi) is 26.6. The van der Waals surface area contributed by atoms with Gasteiger partial charge in [-0.15, -0.1) is 22.7 Å². The van der Waals surface area contributed by atoms with Crippen LogP contribution in [0, 0.1) is 11.8 Å². The molecule has 8 heterocycles. The molecule has 29 nitrogen and oxygen atoms in total. The number of allylic oxidation sites excluding steroid dienone is 2. The van der Waals surface area contributed by atoms with Gasteiger partial charge in [0.25, 0.3) is 0 Å². The number of aliphatic hydroxyl groups excluding tert-OH is 1. The molecule has 110 heavy (non-hydrogen) atoms. The average Bonchev–Trinajstić information content (AvgIpc) is 1.58. The SMILES string of the molecule is COC(=O)[C@@]12CC1/C=C\CCCCC[C@H](NC(=O)OC(C)(C)C)C(=O)N1C[C@@H](O)C[C@H]1C(=O)N2.COc1ccc2c(=O)cc(-c3csc(NC(C)C)n3)[nH]c2c1.COc1ccc2c(O[C@@H]3C[C@H]4C(=O)N[C@]5(C(=O)O)CC5/C=C\CCCCC[C@H](NC(=O)OC(C)(C)C)C(=O)N4C3)cc(-c3csc(NC(C)C)n3)nc2c1. The number of hydrogen-bond donors (Lipinski definition) is 9. The molecule has 0 spiro atoms. The van der Waals surface area contributed by atoms with Gasteiger partial charge in [-0.25, -0.2) is 34.1 Å². The van der Waals surface area contributed by atoms with Crippen LogP contribution in [0.3, 0.4) is 0 Å². The molecule has 4 aromatic heterocycles. The molecule has 10 atom stereocenters. The Morgan fingerprint density at radius 2 is 1.14 bits per heavy atom. The number of hydrogen-bond acceptors (Lipinski definition) is 23. The highest BCUT2D eigenvalue weighted by Crippen LogP contribution is 2.47. The molecule has 2 saturated heterocycles. The molecule has 0 bridgehead atoms. The molecule has 2 unspecified atom stereocenters. The summed E-state index contributed by atoms with van der Waals surface area (Å²) in [6.45, 7) is 18.6. The summed E-state index contributed by atoms with van der Waals surface area (Å²) in [6, 6.07) is 10.8. The highest BCUT2D eigenvalue weighted by molar-refractivity contribution is 7.14. The van der Waals surface area contributed by atoms with Crippen LogP contribution in [0.2, 0.25) is 0 Å². The highest BCUT2D eigenvalue weighted by atomic mass is 32.1. The van der Waals surface area contributed by atoms with Gasteiger partial charge in [-0.3, -0.25) is 24.0 Å². The summed E-state index contributed by atoms with van der Waals surface area (Å²) in [5.74, 6) is -2.41. The van der Waals surface area contributed by atoms with Crippen LogP contribution >= 0.6 is 22.7 Å². The number of carboxylic acids is 1. The van der Waals surface area contributed by atoms with Crippen LogP contribution in [0.4, 0.5) is 19.9 Å². The molecule has 12 rings (SSSR count). The predicted octanol–water partition coefficient (Wildman–Crippen LogP) is 10.8. The topological polar surface area (TPSA) is 383 Å². The Morgan fingerprint density at radius 3 is 1.69 bits per heavy atom. The predicted molar refractivity (Wildman–Crippen MR) is 418 cm³/mol. The van der Waals surface area contributed by atoms with Crippen molar-refractivity contribution < 1.29 is 77.0 Å². The Balaban J connectivity index is 0.000000195. The number of nitrogens with one attached hydrogen (secondary N) is 7. The molecule has 6 amide bonds. The minimum absolute atomic E-state index is 0.0152. The minimum atomic E-state index is -1.46. The lowest BCUT2D eigenvalue weighted by Gasteiger charge is -2.30. The maximum absolute atomic E-state index is 14.5. The number of amides is 6. The monoisotopic (exact) mass is 1560 g/mol. The van der Waals surface area contributed by atoms with Gasteiger partial charge >= 0.3 is 24.1 Å². The smallest absolute Gasteiger partial charge is 0.408 e. The van der Waals surface area contributed by atoms with E-state index < -0.39 is 106 Å². The number of H-pyrrole nitrogens is 1. The van der Waals surface area contributed by atoms with E-state index in [9.17, 15) is 53.4 Å². The molecular weight excluding hydrogens is 1450 g/mol. The normalized spacial score (nSPS) is 25.0. The molecule has 6 aromatic rings. The fourth-order valence-corrected chi connectivity index (χ4v) is 15.6. The molecular formula is C79H104N12O17S2. The van der Waals surface area contributed by atoms with Crippen LogP contribution in [-0.4, -0.2) is 193 Å². The third-order valence-electron chi connectivity index (χ3n) is 19.5. The van der Waals surface area contributed by atoms with E-state index in [0.717, 1.165) is 60.0 Å². The number of esters is 1. The molecule has 594 valence electrons. The Hall–Kier alpha value is -9.88. The number of carbonyl (C=O) groups is 8. The van der Waals surface area contributed by atoms with E-state index in [1.54, 1.807) is 92.2 Å². The molecule has 0 radical (unpaired) electrons. The number of nitrogens with zero attached hydrogens (tertiary/aromatic N) is 5. The van der Waals surface area contributed by atoms with E-state index >= 15 is 0 Å². The van der Waals surface area contributed by atoms with Crippen molar-refractivity contribution in [3.05, 3.63) is 93.8 Å². The first kappa shape index (κ1) is 82.6. The van der Waals surface area contributed by atoms with Gasteiger partial charge in [0.05, 0.1) is 62.1 Å². The van der Waals surface area contributed by atoms with Gasteiger partial charge in [-0.1, -0.05) is 50.0 Å². The van der Waals surface area contributed by atoms with Gasteiger partial charge < -0.3 is 85.3 Å². The first-order chi connectivity index (χ1) is 52.2. The van der Waals surface area contributed by atoms with E-state index in [1.807, 2.05) is 61.0 Å². The Morgan fingerprint density at radius 1 is 0.618 bits per heavy atom. The molecule has 6 aliphatic rings. The standard InChI is InChI=1S/C39H50N6O8S.C24H37N3O7.C16H17N3O2S/c1-22(2)40-36-42-30(21-54-36)29-18-32(26-15-14-24(51-6)16-28(26)41-29)52-25-17-31-33(46)44-39(35(48)49)19-23(39)12-10-8-7-9-11-13-27(34(47)45(31)20-25)43-37(50)53-38(3,4)5;1-23(2,3)34-22(32)25-17-11-9-7-5-6-8-10-15-13-24(15,21(31)33-4)26-19(29)18-12-16(28)14-27(18)20(17)30;1-9(2)17-16-19-14(8-22-16)13-7-15(20)11-5-4-10(21-3)6-12(11)18-13/h10,12,14-16,18,21-23,25,27,31H,7-9,11,13,17,19-20H2,1-6H3,(H,40,42)(H,43,50)(H,44,46)(H,48,49);8,10,15-18,28H,5-7,9,11-14H2,1-4H3,(H,25,32)(H,26,29);4-9H,1-3H3,(H,17,19)(H,18,20)/b12-10-;10-8-;/t23?,25-,27+,31+,39-;15?,16-,17-,18-,24+;/m10./s1. The second kappa shape index (κ2) is 35.4. The number of methoxy groups -OCH3 is 3. The molecule has 4 aliphatic heterocycles. The number of pyridine rings is 2. The second-order valence-corrected chi connectivity index (χ2v) is 33.0. The van der Waals surface area contributed by atoms with Crippen LogP contribution in [0.5, 0.6) is 17.2 Å². The fraction of sp³-hybridized carbons (Fsp3) is 0.544. The summed E-state index contributed by atoms with van der Waals surface area (Å²) in [4.78, 5) is 138. The number of carbonyl (C=O) groups excluding carboxylic acids is 7. The van der Waals surface area contributed by atoms with Crippen LogP contribution in [0.15, 0.2) is 88.4 Å². The third kappa shape index (κ3) is 21.0. The zero-order valence-corrected chi connectivity index (χ0v) is 66.4. The summed E-state index contributed by atoms with van der Waals surface area (Å²) in [5.41, 5.74) is -0.128. The molecule has 2 aliphatic carbocycles. The molecule has 31 heteroatoms. The van der Waals surface area contributed by atoms with Gasteiger partial charge in [0.2, 0.25) is 23.6 Å². The number of thiazole rings is 2. The zero-order chi connectivity index (χ0) is 79.6. The van der Waals surface area contributed by atoms with Gasteiger partial charge in [-0.05, 0) is 145 Å². The number of carboxylic acid groups (broad SMARTS) is 1. The van der Waals surface area contributed by atoms with Crippen molar-refractivity contribution in [1.82, 2.24) is 51.0 Å². The number of benzene rings is 2. The molecule has 2 saturated carbocycles. The molecule has 2 aromatic carbocycles. The number of aromatic nitrogens is 4. The number of fused-ring (bicyclic) bond motifs is 6. The van der Waals surface area contributed by atoms with Crippen molar-refractivity contribution in [2.24, 2.45) is 11.8 Å². The minimum Gasteiger partial charge on any atom is -0.497 e. The second-order valence-electron chi connectivity index (χ2n) is 31.3. The van der Waals surface area contributed by atoms with Crippen molar-refractivity contribution in [3.63, 3.8) is 0 Å². The number of rotatable bonds is 14. The summed E-state index contributed by atoms with van der Waals surface area (Å²) < 4.78 is 33.2. The number of anilines is 2. The van der Waals surface area contributed by atoms with Crippen LogP contribution in [-0.2, 0) is 43.0 Å². The number of aliphatic hydroxyl groups is 1. The Labute approximate surface area is 647 Å². The van der Waals surface area contributed by atoms with E-state index in [4.69, 9.17) is 38.4 Å². The first-order valence-electron chi connectivity index (χ1n) is 37.6. The van der Waals surface area contributed by atoms with Gasteiger partial charge in [-0.2, -0.15) is 0 Å². The van der Waals surface area contributed by atoms with Crippen LogP contribution in [0.25, 0.3) is 44.6 Å². The van der Waals surface area contributed by atoms with Crippen LogP contribution in [0.1, 0.15) is 159 Å². The first-order valence-corrected chi connectivity index (χ1v) is 39.3. The maximum atomic E-state index is 14.5. The summed E-state index contributed by atoms with van der Waals surface area (Å²) in [5, 5.41) is 44.9. The number of alkyl carbamates (subject to hydrolysis) is 2. The largest absolute Gasteiger partial charge is 0.497 e. The van der Waals surface area contributed by atoms with Gasteiger partial charge in [0.15, 0.2) is 15.7 Å². The van der Waals surface area contributed by atoms with Crippen molar-refractivity contribution >= 4 is 102 Å². The van der Waals surface area contributed by atoms with Crippen molar-refractivity contribution in [3.8, 4) is 40.0 Å². The number of ether oxygens (including phenoxy) is 6. The molecule has 4 fully saturated rings. The lowest BCUT2D eigenvalue weighted by Crippen LogP contribution is -2.56. The van der Waals surface area contributed by atoms with E-state index in [0.29, 0.717) is 88.8 Å². The fourth-order valence-electron chi connectivity index (χ4n) is 13.9. The van der Waals surface area contributed by atoms with Gasteiger partial charge in [0.1, 0.15) is 75.5 Å². The van der Waals surface area contributed by atoms with Crippen molar-refractivity contribution in [2.45, 2.75) is 230 Å². The zero-order valence-electron chi connectivity index (χ0n) is 64.7. The summed E-state index contributed by atoms with van der Waals surface area (Å²) in [6.07, 6.45) is 12.6.